The van der Waals surface area contributed by atoms with Crippen molar-refractivity contribution in [2.75, 3.05) is 5.32 Å². The Kier molecular flexibility index (Phi) is 2.86. The minimum absolute atomic E-state index is 0.0493. The average Bonchev–Trinajstić information content (AvgIpc) is 2.27. The normalized spacial score (nSPS) is 19.0. The number of ether oxygens (including phenoxy) is 1. The minimum Gasteiger partial charge on any atom is -0.478 e. The average molecular weight is 219 g/mol. The molecule has 0 fully saturated rings. The number of benzene rings is 1. The van der Waals surface area contributed by atoms with Crippen LogP contribution in [0.3, 0.4) is 0 Å². The van der Waals surface area contributed by atoms with Crippen LogP contribution in [0, 0.1) is 5.92 Å². The maximum atomic E-state index is 11.7. The molecule has 1 aliphatic rings. The second-order valence-electron chi connectivity index (χ2n) is 4.46. The van der Waals surface area contributed by atoms with Crippen LogP contribution in [0.25, 0.3) is 0 Å². The molecule has 86 valence electrons. The van der Waals surface area contributed by atoms with Crippen LogP contribution in [-0.2, 0) is 11.2 Å². The Morgan fingerprint density at radius 3 is 2.81 bits per heavy atom. The molecule has 3 heteroatoms. The van der Waals surface area contributed by atoms with E-state index in [1.807, 2.05) is 32.0 Å². The largest absolute Gasteiger partial charge is 0.478 e. The number of carbonyl (C=O) groups is 1. The molecular formula is C13H17NO2. The van der Waals surface area contributed by atoms with Gasteiger partial charge < -0.3 is 10.1 Å². The maximum absolute atomic E-state index is 11.7. The second-order valence-corrected chi connectivity index (χ2v) is 4.46. The van der Waals surface area contributed by atoms with E-state index in [-0.39, 0.29) is 17.9 Å². The second kappa shape index (κ2) is 4.16. The van der Waals surface area contributed by atoms with E-state index in [0.29, 0.717) is 0 Å². The van der Waals surface area contributed by atoms with Crippen LogP contribution in [0.2, 0.25) is 0 Å². The van der Waals surface area contributed by atoms with Gasteiger partial charge in [-0.05, 0) is 30.0 Å². The summed E-state index contributed by atoms with van der Waals surface area (Å²) < 4.78 is 5.74. The quantitative estimate of drug-likeness (QED) is 0.830. The summed E-state index contributed by atoms with van der Waals surface area (Å²) in [5.74, 6) is 0.919. The highest BCUT2D eigenvalue weighted by molar-refractivity contribution is 5.97. The molecule has 0 aromatic heterocycles. The Bertz CT molecular complexity index is 412. The van der Waals surface area contributed by atoms with Gasteiger partial charge in [0.15, 0.2) is 6.10 Å². The minimum atomic E-state index is -0.375. The number of fused-ring (bicyclic) bond motifs is 1. The fraction of sp³-hybridized carbons (Fsp3) is 0.462. The Labute approximate surface area is 95.8 Å². The number of amides is 1. The summed E-state index contributed by atoms with van der Waals surface area (Å²) in [6.45, 7) is 6.07. The summed E-state index contributed by atoms with van der Waals surface area (Å²) in [6, 6.07) is 5.92. The lowest BCUT2D eigenvalue weighted by Gasteiger charge is -2.28. The highest BCUT2D eigenvalue weighted by Gasteiger charge is 2.29. The molecule has 1 unspecified atom stereocenters. The first-order chi connectivity index (χ1) is 7.61. The van der Waals surface area contributed by atoms with Crippen molar-refractivity contribution < 1.29 is 9.53 Å². The number of hydrogen-bond acceptors (Lipinski definition) is 2. The number of hydrogen-bond donors (Lipinski definition) is 1. The van der Waals surface area contributed by atoms with Crippen LogP contribution in [0.1, 0.15) is 26.3 Å². The van der Waals surface area contributed by atoms with E-state index >= 15 is 0 Å². The third kappa shape index (κ3) is 1.90. The molecule has 16 heavy (non-hydrogen) atoms. The zero-order chi connectivity index (χ0) is 11.7. The standard InChI is InChI=1S/C13H17NO2/c1-4-9-5-6-10-11(7-9)16-12(8(2)3)13(15)14-10/h5-8,12H,4H2,1-3H3,(H,14,15). The predicted octanol–water partition coefficient (Wildman–Crippen LogP) is 2.60. The molecule has 1 heterocycles. The van der Waals surface area contributed by atoms with Gasteiger partial charge in [-0.25, -0.2) is 0 Å². The van der Waals surface area contributed by atoms with Crippen LogP contribution < -0.4 is 10.1 Å². The highest BCUT2D eigenvalue weighted by atomic mass is 16.5. The number of aryl methyl sites for hydroxylation is 1. The van der Waals surface area contributed by atoms with E-state index in [4.69, 9.17) is 4.74 Å². The van der Waals surface area contributed by atoms with E-state index < -0.39 is 0 Å². The van der Waals surface area contributed by atoms with E-state index in [9.17, 15) is 4.79 Å². The molecule has 0 radical (unpaired) electrons. The van der Waals surface area contributed by atoms with Gasteiger partial charge in [0.1, 0.15) is 5.75 Å². The van der Waals surface area contributed by atoms with Gasteiger partial charge >= 0.3 is 0 Å². The summed E-state index contributed by atoms with van der Waals surface area (Å²) >= 11 is 0. The lowest BCUT2D eigenvalue weighted by molar-refractivity contribution is -0.125. The van der Waals surface area contributed by atoms with Gasteiger partial charge in [0.25, 0.3) is 5.91 Å². The molecule has 0 saturated carbocycles. The van der Waals surface area contributed by atoms with E-state index in [1.54, 1.807) is 0 Å². The zero-order valence-corrected chi connectivity index (χ0v) is 9.91. The molecule has 1 aromatic carbocycles. The van der Waals surface area contributed by atoms with Crippen LogP contribution >= 0.6 is 0 Å². The first kappa shape index (κ1) is 11.0. The summed E-state index contributed by atoms with van der Waals surface area (Å²) in [6.07, 6.45) is 0.594. The molecule has 1 N–H and O–H groups in total. The van der Waals surface area contributed by atoms with E-state index in [2.05, 4.69) is 12.2 Å². The van der Waals surface area contributed by atoms with Gasteiger partial charge in [-0.15, -0.1) is 0 Å². The van der Waals surface area contributed by atoms with Crippen LogP contribution in [0.15, 0.2) is 18.2 Å². The monoisotopic (exact) mass is 219 g/mol. The number of carbonyl (C=O) groups excluding carboxylic acids is 1. The van der Waals surface area contributed by atoms with Crippen LogP contribution in [0.4, 0.5) is 5.69 Å². The van der Waals surface area contributed by atoms with Gasteiger partial charge in [0.05, 0.1) is 5.69 Å². The lowest BCUT2D eigenvalue weighted by atomic mass is 10.0. The van der Waals surface area contributed by atoms with Gasteiger partial charge in [0.2, 0.25) is 0 Å². The summed E-state index contributed by atoms with van der Waals surface area (Å²) in [5, 5.41) is 2.88. The summed E-state index contributed by atoms with van der Waals surface area (Å²) in [5.41, 5.74) is 2.00. The molecule has 3 nitrogen and oxygen atoms in total. The molecule has 1 atom stereocenters. The summed E-state index contributed by atoms with van der Waals surface area (Å²) in [7, 11) is 0. The number of anilines is 1. The van der Waals surface area contributed by atoms with Crippen molar-refractivity contribution in [1.29, 1.82) is 0 Å². The van der Waals surface area contributed by atoms with E-state index in [0.717, 1.165) is 17.9 Å². The molecule has 1 aliphatic heterocycles. The van der Waals surface area contributed by atoms with Crippen LogP contribution in [0.5, 0.6) is 5.75 Å². The topological polar surface area (TPSA) is 38.3 Å². The Morgan fingerprint density at radius 1 is 1.44 bits per heavy atom. The third-order valence-corrected chi connectivity index (χ3v) is 2.83. The Morgan fingerprint density at radius 2 is 2.19 bits per heavy atom. The van der Waals surface area contributed by atoms with Crippen molar-refractivity contribution >= 4 is 11.6 Å². The first-order valence-electron chi connectivity index (χ1n) is 5.72. The lowest BCUT2D eigenvalue weighted by Crippen LogP contribution is -2.40. The van der Waals surface area contributed by atoms with Gasteiger partial charge in [-0.2, -0.15) is 0 Å². The molecule has 0 spiro atoms. The molecular weight excluding hydrogens is 202 g/mol. The Balaban J connectivity index is 2.32. The van der Waals surface area contributed by atoms with Crippen LogP contribution in [-0.4, -0.2) is 12.0 Å². The van der Waals surface area contributed by atoms with E-state index in [1.165, 1.54) is 5.56 Å². The van der Waals surface area contributed by atoms with Crippen molar-refractivity contribution in [3.05, 3.63) is 23.8 Å². The SMILES string of the molecule is CCc1ccc2c(c1)OC(C(C)C)C(=O)N2. The van der Waals surface area contributed by atoms with Crippen molar-refractivity contribution in [3.8, 4) is 5.75 Å². The molecule has 0 aliphatic carbocycles. The van der Waals surface area contributed by atoms with Crippen molar-refractivity contribution in [3.63, 3.8) is 0 Å². The van der Waals surface area contributed by atoms with Crippen molar-refractivity contribution in [2.24, 2.45) is 5.92 Å². The molecule has 0 bridgehead atoms. The van der Waals surface area contributed by atoms with Crippen molar-refractivity contribution in [2.45, 2.75) is 33.3 Å². The highest BCUT2D eigenvalue weighted by Crippen LogP contribution is 2.32. The first-order valence-corrected chi connectivity index (χ1v) is 5.72. The number of rotatable bonds is 2. The fourth-order valence-electron chi connectivity index (χ4n) is 1.82. The van der Waals surface area contributed by atoms with Gasteiger partial charge in [-0.3, -0.25) is 4.79 Å². The Hall–Kier alpha value is -1.51. The smallest absolute Gasteiger partial charge is 0.265 e. The van der Waals surface area contributed by atoms with Crippen molar-refractivity contribution in [1.82, 2.24) is 0 Å². The molecule has 2 rings (SSSR count). The maximum Gasteiger partial charge on any atom is 0.265 e. The van der Waals surface area contributed by atoms with Gasteiger partial charge in [-0.1, -0.05) is 26.8 Å². The predicted molar refractivity (Wildman–Crippen MR) is 63.7 cm³/mol. The third-order valence-electron chi connectivity index (χ3n) is 2.83. The molecule has 1 aromatic rings. The van der Waals surface area contributed by atoms with Gasteiger partial charge in [0, 0.05) is 0 Å². The summed E-state index contributed by atoms with van der Waals surface area (Å²) in [4.78, 5) is 11.7. The molecule has 0 saturated heterocycles. The number of nitrogens with one attached hydrogen (secondary N) is 1. The zero-order valence-electron chi connectivity index (χ0n) is 9.91. The fourth-order valence-corrected chi connectivity index (χ4v) is 1.82. The molecule has 1 amide bonds.